The van der Waals surface area contributed by atoms with Crippen molar-refractivity contribution in [3.63, 3.8) is 0 Å². The van der Waals surface area contributed by atoms with Gasteiger partial charge in [0.2, 0.25) is 11.7 Å². The Morgan fingerprint density at radius 1 is 1.00 bits per heavy atom. The highest BCUT2D eigenvalue weighted by Gasteiger charge is 2.26. The van der Waals surface area contributed by atoms with E-state index in [9.17, 15) is 14.0 Å². The SMILES string of the molecule is COc1cc(/C=C2/C(C)=C(CC(=O)NCc3cccnc3)c3cc(F)ccc32)cc(OC)c1OCC(=O)NC1CCCCC1. The molecule has 0 spiro atoms. The number of nitrogens with one attached hydrogen (secondary N) is 2. The van der Waals surface area contributed by atoms with Gasteiger partial charge in [0, 0.05) is 25.0 Å². The van der Waals surface area contributed by atoms with Crippen LogP contribution in [0, 0.1) is 5.82 Å². The van der Waals surface area contributed by atoms with Crippen LogP contribution in [0.1, 0.15) is 67.7 Å². The van der Waals surface area contributed by atoms with Gasteiger partial charge in [0.25, 0.3) is 5.91 Å². The number of benzene rings is 2. The predicted molar refractivity (Wildman–Crippen MR) is 168 cm³/mol. The molecule has 44 heavy (non-hydrogen) atoms. The van der Waals surface area contributed by atoms with E-state index >= 15 is 0 Å². The molecule has 1 heterocycles. The van der Waals surface area contributed by atoms with Gasteiger partial charge in [-0.15, -0.1) is 0 Å². The fourth-order valence-corrected chi connectivity index (χ4v) is 5.85. The van der Waals surface area contributed by atoms with Gasteiger partial charge in [-0.3, -0.25) is 14.6 Å². The number of nitrogens with zero attached hydrogens (tertiary/aromatic N) is 1. The third-order valence-corrected chi connectivity index (χ3v) is 8.12. The van der Waals surface area contributed by atoms with E-state index in [0.29, 0.717) is 29.4 Å². The van der Waals surface area contributed by atoms with Crippen molar-refractivity contribution in [2.45, 2.75) is 58.0 Å². The van der Waals surface area contributed by atoms with E-state index in [4.69, 9.17) is 14.2 Å². The van der Waals surface area contributed by atoms with Crippen LogP contribution >= 0.6 is 0 Å². The number of halogens is 1. The van der Waals surface area contributed by atoms with Crippen molar-refractivity contribution in [1.82, 2.24) is 15.6 Å². The molecule has 0 radical (unpaired) electrons. The number of ether oxygens (including phenoxy) is 3. The molecule has 0 bridgehead atoms. The monoisotopic (exact) mass is 599 g/mol. The molecule has 0 aliphatic heterocycles. The van der Waals surface area contributed by atoms with Crippen LogP contribution < -0.4 is 24.8 Å². The molecule has 2 amide bonds. The molecule has 1 saturated carbocycles. The Kier molecular flexibility index (Phi) is 9.94. The number of rotatable bonds is 11. The van der Waals surface area contributed by atoms with Crippen molar-refractivity contribution >= 4 is 29.0 Å². The Balaban J connectivity index is 1.38. The van der Waals surface area contributed by atoms with Crippen LogP contribution in [0.3, 0.4) is 0 Å². The quantitative estimate of drug-likeness (QED) is 0.276. The van der Waals surface area contributed by atoms with E-state index in [1.165, 1.54) is 32.8 Å². The summed E-state index contributed by atoms with van der Waals surface area (Å²) < 4.78 is 31.6. The van der Waals surface area contributed by atoms with E-state index in [-0.39, 0.29) is 36.7 Å². The van der Waals surface area contributed by atoms with Crippen LogP contribution in [0.2, 0.25) is 0 Å². The summed E-state index contributed by atoms with van der Waals surface area (Å²) in [6.45, 7) is 2.13. The summed E-state index contributed by atoms with van der Waals surface area (Å²) in [5, 5.41) is 5.99. The maximum absolute atomic E-state index is 14.4. The highest BCUT2D eigenvalue weighted by molar-refractivity contribution is 6.08. The summed E-state index contributed by atoms with van der Waals surface area (Å²) in [6, 6.07) is 12.1. The second-order valence-corrected chi connectivity index (χ2v) is 11.1. The van der Waals surface area contributed by atoms with Crippen molar-refractivity contribution in [3.8, 4) is 17.2 Å². The lowest BCUT2D eigenvalue weighted by atomic mass is 9.95. The van der Waals surface area contributed by atoms with Gasteiger partial charge in [0.05, 0.1) is 20.6 Å². The Morgan fingerprint density at radius 2 is 1.75 bits per heavy atom. The molecule has 8 nitrogen and oxygen atoms in total. The van der Waals surface area contributed by atoms with Crippen LogP contribution in [0.4, 0.5) is 4.39 Å². The highest BCUT2D eigenvalue weighted by atomic mass is 19.1. The maximum atomic E-state index is 14.4. The number of pyridine rings is 1. The van der Waals surface area contributed by atoms with E-state index < -0.39 is 0 Å². The minimum Gasteiger partial charge on any atom is -0.493 e. The van der Waals surface area contributed by atoms with E-state index in [2.05, 4.69) is 15.6 Å². The number of aromatic nitrogens is 1. The molecule has 230 valence electrons. The molecule has 2 aromatic carbocycles. The number of carbonyl (C=O) groups excluding carboxylic acids is 2. The molecule has 2 aliphatic carbocycles. The van der Waals surface area contributed by atoms with Crippen molar-refractivity contribution in [2.24, 2.45) is 0 Å². The molecular weight excluding hydrogens is 561 g/mol. The van der Waals surface area contributed by atoms with Gasteiger partial charge in [0.15, 0.2) is 18.1 Å². The first-order chi connectivity index (χ1) is 21.4. The average molecular weight is 600 g/mol. The Morgan fingerprint density at radius 3 is 2.43 bits per heavy atom. The number of hydrogen-bond donors (Lipinski definition) is 2. The molecular formula is C35H38FN3O5. The van der Waals surface area contributed by atoms with E-state index in [1.807, 2.05) is 25.1 Å². The third kappa shape index (κ3) is 7.27. The third-order valence-electron chi connectivity index (χ3n) is 8.12. The zero-order valence-electron chi connectivity index (χ0n) is 25.4. The first-order valence-corrected chi connectivity index (χ1v) is 14.9. The van der Waals surface area contributed by atoms with E-state index in [1.54, 1.807) is 30.6 Å². The molecule has 0 atom stereocenters. The summed E-state index contributed by atoms with van der Waals surface area (Å²) in [5.41, 5.74) is 5.66. The predicted octanol–water partition coefficient (Wildman–Crippen LogP) is 6.10. The summed E-state index contributed by atoms with van der Waals surface area (Å²) in [5.74, 6) is 0.439. The normalized spacial score (nSPS) is 15.6. The number of amides is 2. The average Bonchev–Trinajstić information content (AvgIpc) is 3.28. The fraction of sp³-hybridized carbons (Fsp3) is 0.343. The zero-order valence-corrected chi connectivity index (χ0v) is 25.4. The molecule has 0 unspecified atom stereocenters. The number of allylic oxidation sites excluding steroid dienone is 2. The first-order valence-electron chi connectivity index (χ1n) is 14.9. The second-order valence-electron chi connectivity index (χ2n) is 11.1. The molecule has 9 heteroatoms. The van der Waals surface area contributed by atoms with Crippen LogP contribution in [-0.2, 0) is 16.1 Å². The largest absolute Gasteiger partial charge is 0.493 e. The van der Waals surface area contributed by atoms with Crippen molar-refractivity contribution < 1.29 is 28.2 Å². The van der Waals surface area contributed by atoms with Gasteiger partial charge >= 0.3 is 0 Å². The number of fused-ring (bicyclic) bond motifs is 1. The fourth-order valence-electron chi connectivity index (χ4n) is 5.85. The molecule has 3 aromatic rings. The smallest absolute Gasteiger partial charge is 0.258 e. The lowest BCUT2D eigenvalue weighted by Crippen LogP contribution is -2.39. The molecule has 2 aliphatic rings. The Hall–Kier alpha value is -4.66. The van der Waals surface area contributed by atoms with Gasteiger partial charge in [-0.1, -0.05) is 31.4 Å². The molecule has 1 fully saturated rings. The highest BCUT2D eigenvalue weighted by Crippen LogP contribution is 2.45. The lowest BCUT2D eigenvalue weighted by Gasteiger charge is -2.23. The summed E-state index contributed by atoms with van der Waals surface area (Å²) in [7, 11) is 3.06. The summed E-state index contributed by atoms with van der Waals surface area (Å²) in [4.78, 5) is 29.6. The number of methoxy groups -OCH3 is 2. The van der Waals surface area contributed by atoms with Crippen molar-refractivity contribution in [2.75, 3.05) is 20.8 Å². The van der Waals surface area contributed by atoms with Gasteiger partial charge in [-0.05, 0) is 95.1 Å². The summed E-state index contributed by atoms with van der Waals surface area (Å²) >= 11 is 0. The van der Waals surface area contributed by atoms with Crippen LogP contribution in [0.15, 0.2) is 60.4 Å². The lowest BCUT2D eigenvalue weighted by molar-refractivity contribution is -0.124. The number of hydrogen-bond acceptors (Lipinski definition) is 6. The molecule has 5 rings (SSSR count). The maximum Gasteiger partial charge on any atom is 0.258 e. The Bertz CT molecular complexity index is 1550. The minimum atomic E-state index is -0.372. The molecule has 2 N–H and O–H groups in total. The van der Waals surface area contributed by atoms with Crippen molar-refractivity contribution in [1.29, 1.82) is 0 Å². The van der Waals surface area contributed by atoms with Gasteiger partial charge in [0.1, 0.15) is 5.82 Å². The second kappa shape index (κ2) is 14.2. The van der Waals surface area contributed by atoms with Gasteiger partial charge in [-0.2, -0.15) is 0 Å². The van der Waals surface area contributed by atoms with Gasteiger partial charge in [-0.25, -0.2) is 4.39 Å². The van der Waals surface area contributed by atoms with Crippen molar-refractivity contribution in [3.05, 3.63) is 88.5 Å². The number of carbonyl (C=O) groups is 2. The molecule has 1 aromatic heterocycles. The summed E-state index contributed by atoms with van der Waals surface area (Å²) in [6.07, 6.45) is 10.9. The van der Waals surface area contributed by atoms with Gasteiger partial charge < -0.3 is 24.8 Å². The van der Waals surface area contributed by atoms with E-state index in [0.717, 1.165) is 59.1 Å². The molecule has 0 saturated heterocycles. The first kappa shape index (κ1) is 30.8. The van der Waals surface area contributed by atoms with Crippen LogP contribution in [0.5, 0.6) is 17.2 Å². The standard InChI is InChI=1S/C35H38FN3O5/c1-22-28(27-12-11-25(36)17-30(27)29(22)18-33(40)38-20-23-8-7-13-37-19-23)14-24-15-31(42-2)35(32(16-24)43-3)44-21-34(41)39-26-9-5-4-6-10-26/h7-8,11-17,19,26H,4-6,9-10,18,20-21H2,1-3H3,(H,38,40)(H,39,41)/b28-14-. The Labute approximate surface area is 257 Å². The van der Waals surface area contributed by atoms with Crippen LogP contribution in [0.25, 0.3) is 17.2 Å². The van der Waals surface area contributed by atoms with Crippen LogP contribution in [-0.4, -0.2) is 43.7 Å². The zero-order chi connectivity index (χ0) is 31.1. The minimum absolute atomic E-state index is 0.0994. The topological polar surface area (TPSA) is 98.8 Å².